The van der Waals surface area contributed by atoms with E-state index >= 15 is 0 Å². The van der Waals surface area contributed by atoms with E-state index in [1.54, 1.807) is 7.05 Å². The van der Waals surface area contributed by atoms with E-state index in [1.165, 1.54) is 38.5 Å². The van der Waals surface area contributed by atoms with E-state index in [4.69, 9.17) is 0 Å². The minimum absolute atomic E-state index is 0.150. The predicted octanol–water partition coefficient (Wildman–Crippen LogP) is 2.46. The van der Waals surface area contributed by atoms with Crippen LogP contribution < -0.4 is 10.6 Å². The molecule has 0 heterocycles. The van der Waals surface area contributed by atoms with Crippen molar-refractivity contribution in [3.8, 4) is 0 Å². The number of hydrogen-bond donors (Lipinski definition) is 2. The van der Waals surface area contributed by atoms with Gasteiger partial charge in [-0.15, -0.1) is 0 Å². The van der Waals surface area contributed by atoms with Crippen molar-refractivity contribution in [3.05, 3.63) is 0 Å². The molecule has 1 saturated carbocycles. The third kappa shape index (κ3) is 5.53. The van der Waals surface area contributed by atoms with Crippen LogP contribution in [0.3, 0.4) is 0 Å². The number of carbonyl (C=O) groups is 1. The average Bonchev–Trinajstić information content (AvgIpc) is 2.39. The fourth-order valence-corrected chi connectivity index (χ4v) is 2.84. The Morgan fingerprint density at radius 3 is 2.59 bits per heavy atom. The second kappa shape index (κ2) is 8.51. The van der Waals surface area contributed by atoms with Gasteiger partial charge >= 0.3 is 0 Å². The summed E-state index contributed by atoms with van der Waals surface area (Å²) in [5, 5.41) is 6.30. The third-order valence-electron chi connectivity index (χ3n) is 3.92. The summed E-state index contributed by atoms with van der Waals surface area (Å²) in [4.78, 5) is 11.1. The zero-order valence-electron chi connectivity index (χ0n) is 11.4. The van der Waals surface area contributed by atoms with Gasteiger partial charge in [0.05, 0.1) is 0 Å². The molecule has 100 valence electrons. The Balaban J connectivity index is 2.15. The van der Waals surface area contributed by atoms with Gasteiger partial charge < -0.3 is 10.6 Å². The first-order valence-corrected chi connectivity index (χ1v) is 7.22. The Hall–Kier alpha value is -0.570. The Morgan fingerprint density at radius 1 is 1.29 bits per heavy atom. The van der Waals surface area contributed by atoms with Gasteiger partial charge in [0, 0.05) is 19.5 Å². The lowest BCUT2D eigenvalue weighted by molar-refractivity contribution is -0.120. The summed E-state index contributed by atoms with van der Waals surface area (Å²) in [6.07, 6.45) is 9.81. The van der Waals surface area contributed by atoms with E-state index in [-0.39, 0.29) is 5.91 Å². The van der Waals surface area contributed by atoms with Crippen LogP contribution in [0.25, 0.3) is 0 Å². The fraction of sp³-hybridized carbons (Fsp3) is 0.929. The van der Waals surface area contributed by atoms with Crippen LogP contribution in [-0.4, -0.2) is 25.5 Å². The molecule has 0 aromatic heterocycles. The first-order valence-electron chi connectivity index (χ1n) is 7.22. The normalized spacial score (nSPS) is 18.9. The van der Waals surface area contributed by atoms with Crippen molar-refractivity contribution in [2.24, 2.45) is 5.92 Å². The lowest BCUT2D eigenvalue weighted by Crippen LogP contribution is -2.37. The summed E-state index contributed by atoms with van der Waals surface area (Å²) >= 11 is 0. The Morgan fingerprint density at radius 2 is 2.00 bits per heavy atom. The maximum atomic E-state index is 11.1. The number of carbonyl (C=O) groups excluding carboxylic acids is 1. The van der Waals surface area contributed by atoms with Gasteiger partial charge in [0.1, 0.15) is 0 Å². The maximum Gasteiger partial charge on any atom is 0.219 e. The molecule has 2 N–H and O–H groups in total. The second-order valence-electron chi connectivity index (χ2n) is 5.14. The Kier molecular flexibility index (Phi) is 7.25. The summed E-state index contributed by atoms with van der Waals surface area (Å²) in [7, 11) is 1.70. The van der Waals surface area contributed by atoms with Crippen molar-refractivity contribution in [2.45, 2.75) is 64.3 Å². The number of rotatable bonds is 7. The highest BCUT2D eigenvalue weighted by Crippen LogP contribution is 2.27. The third-order valence-corrected chi connectivity index (χ3v) is 3.92. The van der Waals surface area contributed by atoms with Crippen LogP contribution in [0.1, 0.15) is 58.3 Å². The van der Waals surface area contributed by atoms with Crippen LogP contribution >= 0.6 is 0 Å². The van der Waals surface area contributed by atoms with Gasteiger partial charge in [-0.3, -0.25) is 4.79 Å². The lowest BCUT2D eigenvalue weighted by atomic mass is 9.83. The molecule has 17 heavy (non-hydrogen) atoms. The van der Waals surface area contributed by atoms with E-state index < -0.39 is 0 Å². The van der Waals surface area contributed by atoms with Crippen LogP contribution in [0, 0.1) is 5.92 Å². The average molecular weight is 240 g/mol. The molecule has 1 fully saturated rings. The SMILES string of the molecule is CCC(NCCCC(=O)NC)C1CCCCC1. The van der Waals surface area contributed by atoms with Gasteiger partial charge in [0.2, 0.25) is 5.91 Å². The quantitative estimate of drug-likeness (QED) is 0.671. The summed E-state index contributed by atoms with van der Waals surface area (Å²) in [5.41, 5.74) is 0. The molecule has 0 spiro atoms. The van der Waals surface area contributed by atoms with Gasteiger partial charge in [-0.05, 0) is 38.1 Å². The van der Waals surface area contributed by atoms with E-state index in [9.17, 15) is 4.79 Å². The van der Waals surface area contributed by atoms with Crippen molar-refractivity contribution in [2.75, 3.05) is 13.6 Å². The summed E-state index contributed by atoms with van der Waals surface area (Å²) in [6, 6.07) is 0.667. The first-order chi connectivity index (χ1) is 8.27. The predicted molar refractivity (Wildman–Crippen MR) is 72.0 cm³/mol. The molecule has 0 aromatic carbocycles. The number of nitrogens with one attached hydrogen (secondary N) is 2. The molecule has 0 saturated heterocycles. The second-order valence-corrected chi connectivity index (χ2v) is 5.14. The van der Waals surface area contributed by atoms with Gasteiger partial charge in [0.25, 0.3) is 0 Å². The molecule has 0 bridgehead atoms. The molecule has 1 aliphatic rings. The van der Waals surface area contributed by atoms with E-state index in [0.29, 0.717) is 12.5 Å². The van der Waals surface area contributed by atoms with E-state index in [1.807, 2.05) is 0 Å². The first kappa shape index (κ1) is 14.5. The van der Waals surface area contributed by atoms with Gasteiger partial charge in [-0.25, -0.2) is 0 Å². The fourth-order valence-electron chi connectivity index (χ4n) is 2.84. The lowest BCUT2D eigenvalue weighted by Gasteiger charge is -2.30. The molecule has 1 unspecified atom stereocenters. The molecule has 1 atom stereocenters. The molecule has 0 radical (unpaired) electrons. The van der Waals surface area contributed by atoms with Crippen LogP contribution in [0.15, 0.2) is 0 Å². The van der Waals surface area contributed by atoms with E-state index in [0.717, 1.165) is 18.9 Å². The molecular formula is C14H28N2O. The standard InChI is InChI=1S/C14H28N2O/c1-3-13(12-8-5-4-6-9-12)16-11-7-10-14(17)15-2/h12-13,16H,3-11H2,1-2H3,(H,15,17). The van der Waals surface area contributed by atoms with Crippen LogP contribution in [0.4, 0.5) is 0 Å². The summed E-state index contributed by atoms with van der Waals surface area (Å²) in [5.74, 6) is 1.02. The monoisotopic (exact) mass is 240 g/mol. The number of amides is 1. The minimum Gasteiger partial charge on any atom is -0.359 e. The molecule has 0 aromatic rings. The van der Waals surface area contributed by atoms with Crippen molar-refractivity contribution >= 4 is 5.91 Å². The molecule has 1 rings (SSSR count). The highest BCUT2D eigenvalue weighted by atomic mass is 16.1. The molecule has 0 aliphatic heterocycles. The summed E-state index contributed by atoms with van der Waals surface area (Å²) < 4.78 is 0. The minimum atomic E-state index is 0.150. The van der Waals surface area contributed by atoms with Crippen LogP contribution in [0.2, 0.25) is 0 Å². The number of hydrogen-bond acceptors (Lipinski definition) is 2. The van der Waals surface area contributed by atoms with Crippen molar-refractivity contribution < 1.29 is 4.79 Å². The van der Waals surface area contributed by atoms with Gasteiger partial charge in [-0.2, -0.15) is 0 Å². The zero-order chi connectivity index (χ0) is 12.5. The Bertz CT molecular complexity index is 212. The highest BCUT2D eigenvalue weighted by molar-refractivity contribution is 5.75. The molecule has 3 nitrogen and oxygen atoms in total. The van der Waals surface area contributed by atoms with Crippen molar-refractivity contribution in [1.82, 2.24) is 10.6 Å². The largest absolute Gasteiger partial charge is 0.359 e. The molecule has 1 aliphatic carbocycles. The molecule has 3 heteroatoms. The highest BCUT2D eigenvalue weighted by Gasteiger charge is 2.21. The van der Waals surface area contributed by atoms with Crippen LogP contribution in [0.5, 0.6) is 0 Å². The van der Waals surface area contributed by atoms with Gasteiger partial charge in [-0.1, -0.05) is 26.2 Å². The Labute approximate surface area is 106 Å². The zero-order valence-corrected chi connectivity index (χ0v) is 11.4. The summed E-state index contributed by atoms with van der Waals surface area (Å²) in [6.45, 7) is 3.24. The molecular weight excluding hydrogens is 212 g/mol. The maximum absolute atomic E-state index is 11.1. The van der Waals surface area contributed by atoms with Crippen molar-refractivity contribution in [3.63, 3.8) is 0 Å². The van der Waals surface area contributed by atoms with E-state index in [2.05, 4.69) is 17.6 Å². The topological polar surface area (TPSA) is 41.1 Å². The smallest absolute Gasteiger partial charge is 0.219 e. The molecule has 1 amide bonds. The van der Waals surface area contributed by atoms with Gasteiger partial charge in [0.15, 0.2) is 0 Å². The van der Waals surface area contributed by atoms with Crippen molar-refractivity contribution in [1.29, 1.82) is 0 Å². The van der Waals surface area contributed by atoms with Crippen LogP contribution in [-0.2, 0) is 4.79 Å².